The second-order valence-corrected chi connectivity index (χ2v) is 10.0. The number of ether oxygens (including phenoxy) is 1. The molecule has 0 atom stereocenters. The van der Waals surface area contributed by atoms with Crippen LogP contribution in [0.15, 0.2) is 48.5 Å². The molecule has 0 fully saturated rings. The molecule has 3 aromatic rings. The van der Waals surface area contributed by atoms with Gasteiger partial charge in [0.1, 0.15) is 18.1 Å². The van der Waals surface area contributed by atoms with Crippen LogP contribution in [-0.4, -0.2) is 46.8 Å². The van der Waals surface area contributed by atoms with E-state index in [9.17, 15) is 9.59 Å². The minimum absolute atomic E-state index is 0.113. The Morgan fingerprint density at radius 2 is 1.78 bits per heavy atom. The van der Waals surface area contributed by atoms with Crippen molar-refractivity contribution < 1.29 is 14.3 Å². The molecule has 1 heterocycles. The average Bonchev–Trinajstić information content (AvgIpc) is 3.25. The average molecular weight is 512 g/mol. The summed E-state index contributed by atoms with van der Waals surface area (Å²) in [6.45, 7) is 10.3. The molecule has 36 heavy (non-hydrogen) atoms. The molecule has 0 aliphatic rings. The smallest absolute Gasteiger partial charge is 0.322 e. The summed E-state index contributed by atoms with van der Waals surface area (Å²) in [4.78, 5) is 27.5. The standard InChI is InChI=1S/C27H34ClN5O3/c1-7-14-32(26(35)29-19-9-8-18(2)22(28)15-19)17-25(34)30-24-16-23(27(3,4)5)31-33(24)20-10-12-21(36-6)13-11-20/h8-13,15-16H,7,14,17H2,1-6H3,(H,29,35)(H,30,34). The summed E-state index contributed by atoms with van der Waals surface area (Å²) < 4.78 is 6.94. The maximum Gasteiger partial charge on any atom is 0.322 e. The van der Waals surface area contributed by atoms with Gasteiger partial charge in [-0.05, 0) is 55.3 Å². The normalized spacial score (nSPS) is 11.2. The zero-order valence-corrected chi connectivity index (χ0v) is 22.4. The molecule has 192 valence electrons. The number of rotatable bonds is 8. The van der Waals surface area contributed by atoms with Crippen molar-refractivity contribution in [1.29, 1.82) is 0 Å². The third-order valence-electron chi connectivity index (χ3n) is 5.60. The predicted molar refractivity (Wildman–Crippen MR) is 145 cm³/mol. The Kier molecular flexibility index (Phi) is 8.63. The van der Waals surface area contributed by atoms with Crippen molar-refractivity contribution in [2.24, 2.45) is 0 Å². The van der Waals surface area contributed by atoms with Crippen LogP contribution in [0.2, 0.25) is 5.02 Å². The van der Waals surface area contributed by atoms with E-state index in [0.717, 1.165) is 22.7 Å². The van der Waals surface area contributed by atoms with Crippen LogP contribution >= 0.6 is 11.6 Å². The summed E-state index contributed by atoms with van der Waals surface area (Å²) in [6.07, 6.45) is 0.702. The van der Waals surface area contributed by atoms with Gasteiger partial charge in [0.15, 0.2) is 0 Å². The van der Waals surface area contributed by atoms with Crippen LogP contribution in [0, 0.1) is 6.92 Å². The fourth-order valence-corrected chi connectivity index (χ4v) is 3.69. The zero-order valence-electron chi connectivity index (χ0n) is 21.7. The van der Waals surface area contributed by atoms with Crippen molar-refractivity contribution in [1.82, 2.24) is 14.7 Å². The number of aryl methyl sites for hydroxylation is 1. The van der Waals surface area contributed by atoms with Crippen LogP contribution in [0.5, 0.6) is 5.75 Å². The lowest BCUT2D eigenvalue weighted by atomic mass is 9.92. The molecule has 3 amide bonds. The van der Waals surface area contributed by atoms with Crippen molar-refractivity contribution in [2.45, 2.75) is 46.5 Å². The Balaban J connectivity index is 1.79. The van der Waals surface area contributed by atoms with Crippen molar-refractivity contribution in [3.8, 4) is 11.4 Å². The molecule has 0 aliphatic heterocycles. The summed E-state index contributed by atoms with van der Waals surface area (Å²) in [5.41, 5.74) is 2.88. The third-order valence-corrected chi connectivity index (χ3v) is 6.01. The molecule has 0 radical (unpaired) electrons. The van der Waals surface area contributed by atoms with E-state index in [1.165, 1.54) is 4.90 Å². The SMILES string of the molecule is CCCN(CC(=O)Nc1cc(C(C)(C)C)nn1-c1ccc(OC)cc1)C(=O)Nc1ccc(C)c(Cl)c1. The number of methoxy groups -OCH3 is 1. The Bertz CT molecular complexity index is 1220. The molecule has 0 spiro atoms. The van der Waals surface area contributed by atoms with E-state index in [1.807, 2.05) is 50.2 Å². The van der Waals surface area contributed by atoms with Crippen molar-refractivity contribution in [3.63, 3.8) is 0 Å². The molecule has 0 saturated carbocycles. The van der Waals surface area contributed by atoms with Gasteiger partial charge >= 0.3 is 6.03 Å². The molecule has 2 aromatic carbocycles. The van der Waals surface area contributed by atoms with Gasteiger partial charge in [-0.1, -0.05) is 45.4 Å². The molecule has 8 nitrogen and oxygen atoms in total. The third kappa shape index (κ3) is 6.79. The van der Waals surface area contributed by atoms with Crippen LogP contribution in [0.25, 0.3) is 5.69 Å². The Hall–Kier alpha value is -3.52. The van der Waals surface area contributed by atoms with Gasteiger partial charge in [-0.3, -0.25) is 4.79 Å². The monoisotopic (exact) mass is 511 g/mol. The Morgan fingerprint density at radius 1 is 1.08 bits per heavy atom. The molecule has 0 unspecified atom stereocenters. The number of anilines is 2. The number of halogens is 1. The van der Waals surface area contributed by atoms with Gasteiger partial charge in [-0.25, -0.2) is 9.48 Å². The number of carbonyl (C=O) groups excluding carboxylic acids is 2. The van der Waals surface area contributed by atoms with Crippen molar-refractivity contribution in [2.75, 3.05) is 30.8 Å². The first kappa shape index (κ1) is 27.1. The largest absolute Gasteiger partial charge is 0.497 e. The quantitative estimate of drug-likeness (QED) is 0.387. The molecule has 0 saturated heterocycles. The first-order chi connectivity index (χ1) is 17.0. The Morgan fingerprint density at radius 3 is 2.36 bits per heavy atom. The number of hydrogen-bond acceptors (Lipinski definition) is 4. The Labute approximate surface area is 217 Å². The minimum atomic E-state index is -0.369. The highest BCUT2D eigenvalue weighted by Crippen LogP contribution is 2.27. The fraction of sp³-hybridized carbons (Fsp3) is 0.370. The van der Waals surface area contributed by atoms with Crippen LogP contribution in [0.3, 0.4) is 0 Å². The first-order valence-electron chi connectivity index (χ1n) is 11.9. The van der Waals surface area contributed by atoms with Gasteiger partial charge in [0.05, 0.1) is 18.5 Å². The van der Waals surface area contributed by atoms with Gasteiger partial charge in [0.2, 0.25) is 5.91 Å². The van der Waals surface area contributed by atoms with Crippen molar-refractivity contribution >= 4 is 35.0 Å². The van der Waals surface area contributed by atoms with E-state index < -0.39 is 0 Å². The summed E-state index contributed by atoms with van der Waals surface area (Å²) in [5.74, 6) is 0.927. The second-order valence-electron chi connectivity index (χ2n) is 9.64. The van der Waals surface area contributed by atoms with E-state index in [-0.39, 0.29) is 23.9 Å². The number of hydrogen-bond donors (Lipinski definition) is 2. The summed E-state index contributed by atoms with van der Waals surface area (Å²) in [6, 6.07) is 14.2. The number of aromatic nitrogens is 2. The first-order valence-corrected chi connectivity index (χ1v) is 12.3. The summed E-state index contributed by atoms with van der Waals surface area (Å²) in [7, 11) is 1.61. The molecular formula is C27H34ClN5O3. The van der Waals surface area contributed by atoms with E-state index in [2.05, 4.69) is 31.4 Å². The molecule has 0 aliphatic carbocycles. The van der Waals surface area contributed by atoms with E-state index in [0.29, 0.717) is 29.5 Å². The molecule has 3 rings (SSSR count). The molecule has 2 N–H and O–H groups in total. The molecule has 1 aromatic heterocycles. The maximum atomic E-state index is 13.1. The van der Waals surface area contributed by atoms with Crippen LogP contribution in [0.4, 0.5) is 16.3 Å². The van der Waals surface area contributed by atoms with Crippen LogP contribution in [0.1, 0.15) is 45.4 Å². The van der Waals surface area contributed by atoms with Gasteiger partial charge in [0.25, 0.3) is 0 Å². The number of nitrogens with zero attached hydrogens (tertiary/aromatic N) is 3. The highest BCUT2D eigenvalue weighted by molar-refractivity contribution is 6.31. The summed E-state index contributed by atoms with van der Waals surface area (Å²) >= 11 is 6.18. The lowest BCUT2D eigenvalue weighted by Crippen LogP contribution is -2.41. The van der Waals surface area contributed by atoms with Gasteiger partial charge in [-0.2, -0.15) is 5.10 Å². The van der Waals surface area contributed by atoms with Gasteiger partial charge < -0.3 is 20.3 Å². The number of carbonyl (C=O) groups is 2. The fourth-order valence-electron chi connectivity index (χ4n) is 3.51. The van der Waals surface area contributed by atoms with E-state index in [4.69, 9.17) is 21.4 Å². The minimum Gasteiger partial charge on any atom is -0.497 e. The molecule has 0 bridgehead atoms. The predicted octanol–water partition coefficient (Wildman–Crippen LogP) is 6.02. The lowest BCUT2D eigenvalue weighted by Gasteiger charge is -2.22. The van der Waals surface area contributed by atoms with E-state index >= 15 is 0 Å². The molecule has 9 heteroatoms. The number of benzene rings is 2. The highest BCUT2D eigenvalue weighted by atomic mass is 35.5. The van der Waals surface area contributed by atoms with Crippen molar-refractivity contribution in [3.05, 3.63) is 64.8 Å². The topological polar surface area (TPSA) is 88.5 Å². The lowest BCUT2D eigenvalue weighted by molar-refractivity contribution is -0.116. The second kappa shape index (κ2) is 11.5. The van der Waals surface area contributed by atoms with Crippen LogP contribution in [-0.2, 0) is 10.2 Å². The number of amides is 3. The van der Waals surface area contributed by atoms with E-state index in [1.54, 1.807) is 23.9 Å². The van der Waals surface area contributed by atoms with Gasteiger partial charge in [-0.15, -0.1) is 0 Å². The molecular weight excluding hydrogens is 478 g/mol. The summed E-state index contributed by atoms with van der Waals surface area (Å²) in [5, 5.41) is 11.1. The van der Waals surface area contributed by atoms with Crippen LogP contribution < -0.4 is 15.4 Å². The highest BCUT2D eigenvalue weighted by Gasteiger charge is 2.23. The number of nitrogens with one attached hydrogen (secondary N) is 2. The zero-order chi connectivity index (χ0) is 26.5. The maximum absolute atomic E-state index is 13.1. The van der Waals surface area contributed by atoms with Gasteiger partial charge in [0, 0.05) is 28.7 Å². The number of urea groups is 1.